The third-order valence-electron chi connectivity index (χ3n) is 4.11. The van der Waals surface area contributed by atoms with Crippen LogP contribution in [0.4, 0.5) is 0 Å². The van der Waals surface area contributed by atoms with Crippen molar-refractivity contribution in [3.8, 4) is 0 Å². The lowest BCUT2D eigenvalue weighted by Crippen LogP contribution is -2.13. The first kappa shape index (κ1) is 21.8. The van der Waals surface area contributed by atoms with E-state index < -0.39 is 0 Å². The van der Waals surface area contributed by atoms with Crippen molar-refractivity contribution in [2.24, 2.45) is 5.73 Å². The van der Waals surface area contributed by atoms with Crippen molar-refractivity contribution in [2.45, 2.75) is 49.5 Å². The zero-order chi connectivity index (χ0) is 19.3. The van der Waals surface area contributed by atoms with E-state index >= 15 is 0 Å². The number of amides is 1. The Kier molecular flexibility index (Phi) is 10.4. The third kappa shape index (κ3) is 11.1. The fraction of sp³-hybridized carbons (Fsp3) is 0.550. The Morgan fingerprint density at radius 1 is 1.11 bits per heavy atom. The Morgan fingerprint density at radius 3 is 2.59 bits per heavy atom. The monoisotopic (exact) mass is 409 g/mol. The molecular formula is C20H29N2O3S2+. The average molecular weight is 410 g/mol. The summed E-state index contributed by atoms with van der Waals surface area (Å²) in [4.78, 5) is 27.6. The van der Waals surface area contributed by atoms with Crippen LogP contribution in [0.5, 0.6) is 0 Å². The fourth-order valence-electron chi connectivity index (χ4n) is 2.54. The van der Waals surface area contributed by atoms with Crippen LogP contribution in [-0.2, 0) is 20.2 Å². The number of unbranched alkanes of at least 4 members (excludes halogenated alkanes) is 1. The van der Waals surface area contributed by atoms with Crippen LogP contribution < -0.4 is 5.73 Å². The molecule has 27 heavy (non-hydrogen) atoms. The van der Waals surface area contributed by atoms with Gasteiger partial charge >= 0.3 is 5.97 Å². The SMILES string of the molecule is NC(=O)CCSC(CCCCC(=O)O[N+]1=CC1)CCSCc1ccccc1. The Bertz CT molecular complexity index is 623. The Labute approximate surface area is 170 Å². The standard InChI is InChI=1S/C20H28N2O3S2/c21-19(23)11-15-27-18(8-4-5-9-20(24)25-22-12-13-22)10-14-26-16-17-6-2-1-3-7-17/h1-3,6-7,12,18H,4-5,8-11,13-16H2,(H-,21,23)/p+1. The molecular weight excluding hydrogens is 380 g/mol. The van der Waals surface area contributed by atoms with E-state index in [1.165, 1.54) is 5.56 Å². The normalized spacial score (nSPS) is 13.7. The first-order valence-electron chi connectivity index (χ1n) is 9.46. The molecule has 1 unspecified atom stereocenters. The topological polar surface area (TPSA) is 72.4 Å². The Balaban J connectivity index is 1.61. The van der Waals surface area contributed by atoms with Gasteiger partial charge in [0.2, 0.25) is 5.91 Å². The second kappa shape index (κ2) is 12.8. The molecule has 1 aromatic carbocycles. The summed E-state index contributed by atoms with van der Waals surface area (Å²) in [7, 11) is 0. The number of rotatable bonds is 15. The van der Waals surface area contributed by atoms with Crippen LogP contribution in [0.3, 0.4) is 0 Å². The molecule has 148 valence electrons. The molecule has 1 aromatic rings. The summed E-state index contributed by atoms with van der Waals surface area (Å²) in [6.45, 7) is 0.741. The molecule has 1 aliphatic heterocycles. The third-order valence-corrected chi connectivity index (χ3v) is 6.55. The van der Waals surface area contributed by atoms with Gasteiger partial charge in [0.25, 0.3) is 12.8 Å². The predicted molar refractivity (Wildman–Crippen MR) is 113 cm³/mol. The first-order valence-corrected chi connectivity index (χ1v) is 11.7. The van der Waals surface area contributed by atoms with E-state index in [-0.39, 0.29) is 11.9 Å². The van der Waals surface area contributed by atoms with E-state index in [0.717, 1.165) is 49.5 Å². The van der Waals surface area contributed by atoms with Crippen LogP contribution in [0, 0.1) is 0 Å². The van der Waals surface area contributed by atoms with Crippen LogP contribution in [0.25, 0.3) is 0 Å². The zero-order valence-electron chi connectivity index (χ0n) is 15.7. The molecule has 0 aliphatic carbocycles. The van der Waals surface area contributed by atoms with Gasteiger partial charge < -0.3 is 5.73 Å². The van der Waals surface area contributed by atoms with Gasteiger partial charge in [0.05, 0.1) is 6.42 Å². The number of hydrogen-bond donors (Lipinski definition) is 1. The average Bonchev–Trinajstić information content (AvgIpc) is 3.46. The molecule has 7 heteroatoms. The zero-order valence-corrected chi connectivity index (χ0v) is 17.3. The number of carbonyl (C=O) groups is 2. The van der Waals surface area contributed by atoms with Crippen molar-refractivity contribution in [2.75, 3.05) is 18.1 Å². The molecule has 1 aliphatic rings. The highest BCUT2D eigenvalue weighted by Gasteiger charge is 2.23. The smallest absolute Gasteiger partial charge is 0.370 e. The summed E-state index contributed by atoms with van der Waals surface area (Å²) in [5.41, 5.74) is 6.60. The van der Waals surface area contributed by atoms with Gasteiger partial charge in [-0.15, -0.1) is 0 Å². The molecule has 0 aromatic heterocycles. The van der Waals surface area contributed by atoms with Crippen molar-refractivity contribution in [3.05, 3.63) is 35.9 Å². The maximum absolute atomic E-state index is 11.6. The maximum Gasteiger partial charge on any atom is 0.379 e. The van der Waals surface area contributed by atoms with Gasteiger partial charge in [-0.3, -0.25) is 4.79 Å². The largest absolute Gasteiger partial charge is 0.379 e. The van der Waals surface area contributed by atoms with Gasteiger partial charge in [-0.05, 0) is 35.3 Å². The molecule has 0 saturated carbocycles. The van der Waals surface area contributed by atoms with Crippen molar-refractivity contribution >= 4 is 41.6 Å². The van der Waals surface area contributed by atoms with Gasteiger partial charge in [0.15, 0.2) is 0 Å². The van der Waals surface area contributed by atoms with Gasteiger partial charge in [-0.1, -0.05) is 36.8 Å². The molecule has 2 N–H and O–H groups in total. The predicted octanol–water partition coefficient (Wildman–Crippen LogP) is 3.40. The molecule has 0 saturated heterocycles. The molecule has 0 spiro atoms. The van der Waals surface area contributed by atoms with Gasteiger partial charge in [-0.2, -0.15) is 28.4 Å². The Hall–Kier alpha value is -1.47. The van der Waals surface area contributed by atoms with Crippen molar-refractivity contribution in [3.63, 3.8) is 0 Å². The van der Waals surface area contributed by atoms with E-state index in [2.05, 4.69) is 24.3 Å². The van der Waals surface area contributed by atoms with E-state index in [1.807, 2.05) is 35.8 Å². The van der Waals surface area contributed by atoms with Gasteiger partial charge in [0.1, 0.15) is 0 Å². The lowest BCUT2D eigenvalue weighted by Gasteiger charge is -2.16. The summed E-state index contributed by atoms with van der Waals surface area (Å²) < 4.78 is 1.55. The first-order chi connectivity index (χ1) is 13.1. The molecule has 0 radical (unpaired) electrons. The van der Waals surface area contributed by atoms with Gasteiger partial charge in [-0.25, -0.2) is 4.79 Å². The second-order valence-electron chi connectivity index (χ2n) is 6.53. The number of nitrogens with two attached hydrogens (primary N) is 1. The molecule has 1 atom stereocenters. The highest BCUT2D eigenvalue weighted by molar-refractivity contribution is 8.00. The van der Waals surface area contributed by atoms with E-state index in [0.29, 0.717) is 18.1 Å². The fourth-order valence-corrected chi connectivity index (χ4v) is 4.98. The number of carbonyl (C=O) groups excluding carboxylic acids is 2. The Morgan fingerprint density at radius 2 is 1.89 bits per heavy atom. The molecule has 1 amide bonds. The van der Waals surface area contributed by atoms with Crippen molar-refractivity contribution in [1.29, 1.82) is 0 Å². The molecule has 0 bridgehead atoms. The minimum absolute atomic E-state index is 0.153. The summed E-state index contributed by atoms with van der Waals surface area (Å²) >= 11 is 3.78. The number of hydroxylamine groups is 1. The quantitative estimate of drug-likeness (QED) is 0.273. The minimum Gasteiger partial charge on any atom is -0.370 e. The summed E-state index contributed by atoms with van der Waals surface area (Å²) in [6, 6.07) is 10.5. The van der Waals surface area contributed by atoms with Crippen molar-refractivity contribution in [1.82, 2.24) is 0 Å². The van der Waals surface area contributed by atoms with Crippen molar-refractivity contribution < 1.29 is 19.2 Å². The maximum atomic E-state index is 11.6. The number of primary amides is 1. The molecule has 1 heterocycles. The van der Waals surface area contributed by atoms with Crippen LogP contribution in [0.2, 0.25) is 0 Å². The van der Waals surface area contributed by atoms with E-state index in [1.54, 1.807) is 4.74 Å². The number of thioether (sulfide) groups is 2. The number of hydrogen-bond acceptors (Lipinski definition) is 5. The van der Waals surface area contributed by atoms with E-state index in [9.17, 15) is 9.59 Å². The lowest BCUT2D eigenvalue weighted by atomic mass is 10.1. The second-order valence-corrected chi connectivity index (χ2v) is 9.04. The summed E-state index contributed by atoms with van der Waals surface area (Å²) in [5.74, 6) is 2.50. The van der Waals surface area contributed by atoms with Crippen LogP contribution >= 0.6 is 23.5 Å². The summed E-state index contributed by atoms with van der Waals surface area (Å²) in [6.07, 6.45) is 6.72. The number of nitrogens with zero attached hydrogens (tertiary/aromatic N) is 1. The highest BCUT2D eigenvalue weighted by Crippen LogP contribution is 2.25. The van der Waals surface area contributed by atoms with E-state index in [4.69, 9.17) is 10.6 Å². The summed E-state index contributed by atoms with van der Waals surface area (Å²) in [5, 5.41) is 0.504. The van der Waals surface area contributed by atoms with Crippen LogP contribution in [0.1, 0.15) is 44.1 Å². The number of benzene rings is 1. The van der Waals surface area contributed by atoms with Crippen LogP contribution in [0.15, 0.2) is 30.3 Å². The highest BCUT2D eigenvalue weighted by atomic mass is 32.2. The minimum atomic E-state index is -0.241. The van der Waals surface area contributed by atoms with Gasteiger partial charge in [0, 0.05) is 23.2 Å². The molecule has 5 nitrogen and oxygen atoms in total. The lowest BCUT2D eigenvalue weighted by molar-refractivity contribution is -0.699. The van der Waals surface area contributed by atoms with Crippen LogP contribution in [-0.4, -0.2) is 46.1 Å². The molecule has 0 fully saturated rings. The molecule has 2 rings (SSSR count).